The summed E-state index contributed by atoms with van der Waals surface area (Å²) in [5.74, 6) is 0.736. The highest BCUT2D eigenvalue weighted by molar-refractivity contribution is 8.00. The average molecular weight is 430 g/mol. The molecule has 1 aliphatic carbocycles. The number of halogens is 1. The van der Waals surface area contributed by atoms with Gasteiger partial charge >= 0.3 is 5.69 Å². The maximum Gasteiger partial charge on any atom is 0.349 e. The molecule has 0 saturated heterocycles. The minimum atomic E-state index is -0.306. The molecule has 4 rings (SSSR count). The third-order valence-corrected chi connectivity index (χ3v) is 6.05. The highest BCUT2D eigenvalue weighted by Crippen LogP contribution is 2.29. The van der Waals surface area contributed by atoms with E-state index in [0.717, 1.165) is 42.7 Å². The third kappa shape index (κ3) is 4.74. The summed E-state index contributed by atoms with van der Waals surface area (Å²) in [6.45, 7) is 0.376. The molecule has 0 radical (unpaired) electrons. The van der Waals surface area contributed by atoms with Crippen LogP contribution in [0.25, 0.3) is 0 Å². The zero-order valence-corrected chi connectivity index (χ0v) is 17.3. The van der Waals surface area contributed by atoms with Crippen molar-refractivity contribution in [2.24, 2.45) is 0 Å². The van der Waals surface area contributed by atoms with E-state index >= 15 is 0 Å². The van der Waals surface area contributed by atoms with Crippen LogP contribution in [0.2, 0.25) is 5.02 Å². The Morgan fingerprint density at radius 1 is 1.24 bits per heavy atom. The molecule has 29 heavy (non-hydrogen) atoms. The largest absolute Gasteiger partial charge is 0.467 e. The fraction of sp³-hybridized carbons (Fsp3) is 0.286. The number of nitrogens with one attached hydrogen (secondary N) is 1. The molecule has 1 amide bonds. The Kier molecular flexibility index (Phi) is 6.06. The minimum Gasteiger partial charge on any atom is -0.467 e. The lowest BCUT2D eigenvalue weighted by Crippen LogP contribution is -2.30. The number of amides is 1. The first-order valence-electron chi connectivity index (χ1n) is 9.43. The molecule has 8 heteroatoms. The standard InChI is InChI=1S/C21H20ClN3O3S/c22-14-5-3-6-15(11-14)23-19(26)13-29-20-17-8-1-2-9-18(17)25(21(27)24-20)12-16-7-4-10-28-16/h3-7,10-11H,1-2,8-9,12-13H2,(H,23,26). The molecule has 150 valence electrons. The van der Waals surface area contributed by atoms with Gasteiger partial charge in [-0.3, -0.25) is 9.36 Å². The van der Waals surface area contributed by atoms with Crippen LogP contribution in [0.5, 0.6) is 0 Å². The SMILES string of the molecule is O=C(CSc1nc(=O)n(Cc2ccco2)c2c1CCCC2)Nc1cccc(Cl)c1. The summed E-state index contributed by atoms with van der Waals surface area (Å²) in [4.78, 5) is 29.3. The van der Waals surface area contributed by atoms with E-state index in [2.05, 4.69) is 10.3 Å². The number of furan rings is 1. The monoisotopic (exact) mass is 429 g/mol. The number of benzene rings is 1. The Morgan fingerprint density at radius 2 is 2.10 bits per heavy atom. The fourth-order valence-corrected chi connectivity index (χ4v) is 4.55. The Labute approximate surface area is 177 Å². The molecule has 0 atom stereocenters. The van der Waals surface area contributed by atoms with E-state index < -0.39 is 0 Å². The predicted octanol–water partition coefficient (Wildman–Crippen LogP) is 4.15. The maximum absolute atomic E-state index is 12.7. The topological polar surface area (TPSA) is 77.1 Å². The van der Waals surface area contributed by atoms with E-state index in [0.29, 0.717) is 22.3 Å². The van der Waals surface area contributed by atoms with Crippen molar-refractivity contribution in [3.8, 4) is 0 Å². The summed E-state index contributed by atoms with van der Waals surface area (Å²) in [5.41, 5.74) is 2.42. The van der Waals surface area contributed by atoms with Gasteiger partial charge in [-0.25, -0.2) is 4.79 Å². The van der Waals surface area contributed by atoms with Crippen molar-refractivity contribution in [2.45, 2.75) is 37.3 Å². The van der Waals surface area contributed by atoms with E-state index in [-0.39, 0.29) is 17.3 Å². The van der Waals surface area contributed by atoms with Crippen LogP contribution < -0.4 is 11.0 Å². The zero-order chi connectivity index (χ0) is 20.2. The first kappa shape index (κ1) is 19.8. The highest BCUT2D eigenvalue weighted by Gasteiger charge is 2.21. The van der Waals surface area contributed by atoms with Gasteiger partial charge in [-0.15, -0.1) is 0 Å². The second kappa shape index (κ2) is 8.88. The Hall–Kier alpha value is -2.51. The molecule has 6 nitrogen and oxygen atoms in total. The molecule has 0 unspecified atom stereocenters. The predicted molar refractivity (Wildman–Crippen MR) is 114 cm³/mol. The molecule has 0 fully saturated rings. The number of hydrogen-bond donors (Lipinski definition) is 1. The van der Waals surface area contributed by atoms with Crippen LogP contribution in [0, 0.1) is 0 Å². The first-order chi connectivity index (χ1) is 14.1. The normalized spacial score (nSPS) is 13.1. The molecular formula is C21H20ClN3O3S. The quantitative estimate of drug-likeness (QED) is 0.470. The van der Waals surface area contributed by atoms with Crippen molar-refractivity contribution >= 4 is 35.0 Å². The van der Waals surface area contributed by atoms with Crippen molar-refractivity contribution in [3.63, 3.8) is 0 Å². The molecule has 0 saturated carbocycles. The fourth-order valence-electron chi connectivity index (χ4n) is 3.49. The highest BCUT2D eigenvalue weighted by atomic mass is 35.5. The summed E-state index contributed by atoms with van der Waals surface area (Å²) < 4.78 is 7.10. The van der Waals surface area contributed by atoms with Gasteiger partial charge in [0.05, 0.1) is 18.6 Å². The van der Waals surface area contributed by atoms with E-state index in [9.17, 15) is 9.59 Å². The van der Waals surface area contributed by atoms with Gasteiger partial charge in [0.2, 0.25) is 5.91 Å². The minimum absolute atomic E-state index is 0.164. The number of thioether (sulfide) groups is 1. The van der Waals surface area contributed by atoms with Gasteiger partial charge < -0.3 is 9.73 Å². The van der Waals surface area contributed by atoms with Gasteiger partial charge in [0, 0.05) is 22.0 Å². The van der Waals surface area contributed by atoms with Gasteiger partial charge in [0.15, 0.2) is 0 Å². The number of carbonyl (C=O) groups excluding carboxylic acids is 1. The molecular weight excluding hydrogens is 410 g/mol. The van der Waals surface area contributed by atoms with E-state index in [1.54, 1.807) is 35.1 Å². The van der Waals surface area contributed by atoms with Gasteiger partial charge in [0.1, 0.15) is 10.8 Å². The smallest absolute Gasteiger partial charge is 0.349 e. The Balaban J connectivity index is 1.52. The van der Waals surface area contributed by atoms with Crippen LogP contribution in [0.3, 0.4) is 0 Å². The maximum atomic E-state index is 12.7. The summed E-state index contributed by atoms with van der Waals surface area (Å²) in [7, 11) is 0. The Bertz CT molecular complexity index is 1080. The number of carbonyl (C=O) groups is 1. The van der Waals surface area contributed by atoms with E-state index in [4.69, 9.17) is 16.0 Å². The van der Waals surface area contributed by atoms with E-state index in [1.165, 1.54) is 11.8 Å². The first-order valence-corrected chi connectivity index (χ1v) is 10.8. The van der Waals surface area contributed by atoms with Gasteiger partial charge in [-0.05, 0) is 56.0 Å². The van der Waals surface area contributed by atoms with Crippen molar-refractivity contribution in [3.05, 3.63) is 75.2 Å². The lowest BCUT2D eigenvalue weighted by Gasteiger charge is -2.22. The van der Waals surface area contributed by atoms with Crippen molar-refractivity contribution in [1.29, 1.82) is 0 Å². The molecule has 1 aromatic carbocycles. The lowest BCUT2D eigenvalue weighted by atomic mass is 9.97. The number of hydrogen-bond acceptors (Lipinski definition) is 5. The second-order valence-electron chi connectivity index (χ2n) is 6.84. The van der Waals surface area contributed by atoms with Crippen molar-refractivity contribution in [2.75, 3.05) is 11.1 Å². The zero-order valence-electron chi connectivity index (χ0n) is 15.7. The number of aromatic nitrogens is 2. The molecule has 2 aromatic heterocycles. The average Bonchev–Trinajstić information content (AvgIpc) is 3.22. The summed E-state index contributed by atoms with van der Waals surface area (Å²) in [6.07, 6.45) is 5.38. The van der Waals surface area contributed by atoms with Gasteiger partial charge in [0.25, 0.3) is 0 Å². The number of rotatable bonds is 6. The van der Waals surface area contributed by atoms with Crippen molar-refractivity contribution < 1.29 is 9.21 Å². The molecule has 1 N–H and O–H groups in total. The van der Waals surface area contributed by atoms with Crippen LogP contribution in [0.15, 0.2) is 56.9 Å². The van der Waals surface area contributed by atoms with E-state index in [1.807, 2.05) is 12.1 Å². The lowest BCUT2D eigenvalue weighted by molar-refractivity contribution is -0.113. The van der Waals surface area contributed by atoms with Crippen LogP contribution in [-0.4, -0.2) is 21.2 Å². The molecule has 2 heterocycles. The van der Waals surface area contributed by atoms with Crippen LogP contribution in [-0.2, 0) is 24.2 Å². The van der Waals surface area contributed by atoms with Crippen LogP contribution in [0.4, 0.5) is 5.69 Å². The summed E-state index contributed by atoms with van der Waals surface area (Å²) in [6, 6.07) is 10.7. The third-order valence-electron chi connectivity index (χ3n) is 4.79. The Morgan fingerprint density at radius 3 is 2.90 bits per heavy atom. The van der Waals surface area contributed by atoms with Gasteiger partial charge in [-0.1, -0.05) is 29.4 Å². The van der Waals surface area contributed by atoms with Crippen LogP contribution >= 0.6 is 23.4 Å². The van der Waals surface area contributed by atoms with Crippen molar-refractivity contribution in [1.82, 2.24) is 9.55 Å². The van der Waals surface area contributed by atoms with Gasteiger partial charge in [-0.2, -0.15) is 4.98 Å². The summed E-state index contributed by atoms with van der Waals surface area (Å²) >= 11 is 7.26. The number of fused-ring (bicyclic) bond motifs is 1. The molecule has 0 spiro atoms. The second-order valence-corrected chi connectivity index (χ2v) is 8.25. The number of nitrogens with zero attached hydrogens (tertiary/aromatic N) is 2. The van der Waals surface area contributed by atoms with Crippen LogP contribution in [0.1, 0.15) is 29.9 Å². The number of anilines is 1. The molecule has 3 aromatic rings. The molecule has 0 bridgehead atoms. The molecule has 0 aliphatic heterocycles. The summed E-state index contributed by atoms with van der Waals surface area (Å²) in [5, 5.41) is 4.04. The molecule has 1 aliphatic rings.